The molecule has 1 atom stereocenters. The highest BCUT2D eigenvalue weighted by molar-refractivity contribution is 4.85. The maximum atomic E-state index is 8.59. The third-order valence-corrected chi connectivity index (χ3v) is 0.499. The fourth-order valence-corrected chi connectivity index (χ4v) is 0.234. The molecule has 0 bridgehead atoms. The Morgan fingerprint density at radius 3 is 2.75 bits per heavy atom. The second-order valence-corrected chi connectivity index (χ2v) is 1.51. The minimum Gasteiger partial charge on any atom is -0.444 e. The van der Waals surface area contributed by atoms with Gasteiger partial charge in [-0.2, -0.15) is 0 Å². The maximum Gasteiger partial charge on any atom is 0.126 e. The molecule has 0 radical (unpaired) electrons. The van der Waals surface area contributed by atoms with E-state index in [9.17, 15) is 0 Å². The van der Waals surface area contributed by atoms with Gasteiger partial charge in [0.2, 0.25) is 0 Å². The van der Waals surface area contributed by atoms with Crippen LogP contribution in [0.4, 0.5) is 0 Å². The van der Waals surface area contributed by atoms with Crippen molar-refractivity contribution in [3.8, 4) is 12.0 Å². The van der Waals surface area contributed by atoms with Crippen molar-refractivity contribution < 1.29 is 9.84 Å². The molecule has 1 N–H and O–H groups in total. The van der Waals surface area contributed by atoms with Crippen LogP contribution >= 0.6 is 0 Å². The quantitative estimate of drug-likeness (QED) is 0.525. The van der Waals surface area contributed by atoms with Gasteiger partial charge in [0.15, 0.2) is 0 Å². The van der Waals surface area contributed by atoms with Crippen LogP contribution in [0.25, 0.3) is 0 Å². The molecule has 46 valence electrons. The summed E-state index contributed by atoms with van der Waals surface area (Å²) in [5, 5.41) is 8.59. The highest BCUT2D eigenvalue weighted by Crippen LogP contribution is 1.78. The van der Waals surface area contributed by atoms with Crippen molar-refractivity contribution in [2.75, 3.05) is 6.61 Å². The first-order valence-corrected chi connectivity index (χ1v) is 2.49. The number of ether oxygens (including phenoxy) is 1. The Bertz CT molecular complexity index is 96.8. The number of rotatable bonds is 2. The SMILES string of the molecule is CC#COCC(C)O. The van der Waals surface area contributed by atoms with Gasteiger partial charge in [-0.15, -0.1) is 0 Å². The highest BCUT2D eigenvalue weighted by atomic mass is 16.5. The second-order valence-electron chi connectivity index (χ2n) is 1.51. The van der Waals surface area contributed by atoms with E-state index in [1.165, 1.54) is 0 Å². The molecule has 0 aliphatic heterocycles. The molecule has 0 spiro atoms. The summed E-state index contributed by atoms with van der Waals surface area (Å²) in [6.07, 6.45) is 1.95. The molecule has 2 nitrogen and oxygen atoms in total. The number of aliphatic hydroxyl groups excluding tert-OH is 1. The van der Waals surface area contributed by atoms with Crippen LogP contribution in [-0.4, -0.2) is 17.8 Å². The van der Waals surface area contributed by atoms with Gasteiger partial charge < -0.3 is 9.84 Å². The summed E-state index contributed by atoms with van der Waals surface area (Å²) in [6.45, 7) is 3.63. The van der Waals surface area contributed by atoms with Crippen molar-refractivity contribution in [3.63, 3.8) is 0 Å². The van der Waals surface area contributed by atoms with Crippen LogP contribution in [0.2, 0.25) is 0 Å². The molecule has 0 aliphatic carbocycles. The number of aliphatic hydroxyl groups is 1. The van der Waals surface area contributed by atoms with Crippen LogP contribution in [0.5, 0.6) is 0 Å². The molecule has 0 aromatic rings. The van der Waals surface area contributed by atoms with E-state index in [0.29, 0.717) is 6.61 Å². The lowest BCUT2D eigenvalue weighted by atomic mass is 10.5. The molecule has 0 heterocycles. The molecule has 0 aromatic carbocycles. The Kier molecular flexibility index (Phi) is 4.10. The normalized spacial score (nSPS) is 11.4. The maximum absolute atomic E-state index is 8.59. The monoisotopic (exact) mass is 114 g/mol. The molecule has 8 heavy (non-hydrogen) atoms. The summed E-state index contributed by atoms with van der Waals surface area (Å²) in [5.74, 6) is 2.54. The van der Waals surface area contributed by atoms with Crippen LogP contribution in [0.3, 0.4) is 0 Å². The minimum atomic E-state index is -0.421. The summed E-state index contributed by atoms with van der Waals surface area (Å²) in [6, 6.07) is 0. The highest BCUT2D eigenvalue weighted by Gasteiger charge is 1.90. The molecule has 0 rings (SSSR count). The predicted octanol–water partition coefficient (Wildman–Crippen LogP) is 0.365. The number of hydrogen-bond acceptors (Lipinski definition) is 2. The lowest BCUT2D eigenvalue weighted by Crippen LogP contribution is -2.07. The van der Waals surface area contributed by atoms with Crippen molar-refractivity contribution in [1.29, 1.82) is 0 Å². The van der Waals surface area contributed by atoms with Gasteiger partial charge in [-0.1, -0.05) is 5.92 Å². The van der Waals surface area contributed by atoms with Crippen LogP contribution in [0, 0.1) is 12.0 Å². The topological polar surface area (TPSA) is 29.5 Å². The third-order valence-electron chi connectivity index (χ3n) is 0.499. The predicted molar refractivity (Wildman–Crippen MR) is 31.1 cm³/mol. The Morgan fingerprint density at radius 2 is 2.38 bits per heavy atom. The summed E-state index contributed by atoms with van der Waals surface area (Å²) < 4.78 is 4.63. The van der Waals surface area contributed by atoms with Gasteiger partial charge in [0.1, 0.15) is 12.7 Å². The molecule has 1 unspecified atom stereocenters. The molecule has 0 saturated carbocycles. The lowest BCUT2D eigenvalue weighted by molar-refractivity contribution is 0.107. The van der Waals surface area contributed by atoms with Crippen LogP contribution in [0.1, 0.15) is 13.8 Å². The van der Waals surface area contributed by atoms with Gasteiger partial charge in [-0.25, -0.2) is 0 Å². The van der Waals surface area contributed by atoms with Gasteiger partial charge >= 0.3 is 0 Å². The lowest BCUT2D eigenvalue weighted by Gasteiger charge is -1.97. The molecule has 0 saturated heterocycles. The van der Waals surface area contributed by atoms with Crippen molar-refractivity contribution in [2.24, 2.45) is 0 Å². The third kappa shape index (κ3) is 5.32. The van der Waals surface area contributed by atoms with E-state index >= 15 is 0 Å². The summed E-state index contributed by atoms with van der Waals surface area (Å²) >= 11 is 0. The Labute approximate surface area is 49.5 Å². The van der Waals surface area contributed by atoms with Crippen LogP contribution < -0.4 is 0 Å². The van der Waals surface area contributed by atoms with Crippen molar-refractivity contribution >= 4 is 0 Å². The van der Waals surface area contributed by atoms with Crippen LogP contribution in [-0.2, 0) is 4.74 Å². The molecule has 0 amide bonds. The summed E-state index contributed by atoms with van der Waals surface area (Å²) in [4.78, 5) is 0. The molecule has 0 aromatic heterocycles. The molecular weight excluding hydrogens is 104 g/mol. The zero-order valence-electron chi connectivity index (χ0n) is 5.14. The Hall–Kier alpha value is -0.680. The van der Waals surface area contributed by atoms with E-state index in [0.717, 1.165) is 0 Å². The smallest absolute Gasteiger partial charge is 0.126 e. The first-order chi connectivity index (χ1) is 3.77. The molecule has 2 heteroatoms. The van der Waals surface area contributed by atoms with Gasteiger partial charge in [-0.3, -0.25) is 0 Å². The molecular formula is C6H10O2. The van der Waals surface area contributed by atoms with Crippen LogP contribution in [0.15, 0.2) is 0 Å². The number of hydrogen-bond donors (Lipinski definition) is 1. The average molecular weight is 114 g/mol. The van der Waals surface area contributed by atoms with E-state index in [1.807, 2.05) is 0 Å². The largest absolute Gasteiger partial charge is 0.444 e. The Morgan fingerprint density at radius 1 is 1.75 bits per heavy atom. The van der Waals surface area contributed by atoms with Crippen molar-refractivity contribution in [1.82, 2.24) is 0 Å². The zero-order chi connectivity index (χ0) is 6.41. The van der Waals surface area contributed by atoms with Gasteiger partial charge in [0, 0.05) is 6.92 Å². The van der Waals surface area contributed by atoms with Gasteiger partial charge in [-0.05, 0) is 6.92 Å². The first-order valence-electron chi connectivity index (χ1n) is 2.49. The van der Waals surface area contributed by atoms with E-state index in [1.54, 1.807) is 13.8 Å². The van der Waals surface area contributed by atoms with Crippen molar-refractivity contribution in [2.45, 2.75) is 20.0 Å². The van der Waals surface area contributed by atoms with Crippen molar-refractivity contribution in [3.05, 3.63) is 0 Å². The summed E-state index contributed by atoms with van der Waals surface area (Å²) in [5.41, 5.74) is 0. The second kappa shape index (κ2) is 4.48. The molecule has 0 aliphatic rings. The van der Waals surface area contributed by atoms with E-state index in [4.69, 9.17) is 5.11 Å². The van der Waals surface area contributed by atoms with E-state index in [-0.39, 0.29) is 0 Å². The van der Waals surface area contributed by atoms with Gasteiger partial charge in [0.25, 0.3) is 0 Å². The van der Waals surface area contributed by atoms with Gasteiger partial charge in [0.05, 0.1) is 6.10 Å². The zero-order valence-corrected chi connectivity index (χ0v) is 5.14. The Balaban J connectivity index is 3.01. The minimum absolute atomic E-state index is 0.292. The first kappa shape index (κ1) is 7.32. The molecule has 0 fully saturated rings. The average Bonchev–Trinajstić information content (AvgIpc) is 1.66. The standard InChI is InChI=1S/C6H10O2/c1-3-4-8-5-6(2)7/h6-7H,5H2,1-2H3. The van der Waals surface area contributed by atoms with E-state index < -0.39 is 6.10 Å². The fraction of sp³-hybridized carbons (Fsp3) is 0.667. The summed E-state index contributed by atoms with van der Waals surface area (Å²) in [7, 11) is 0. The fourth-order valence-electron chi connectivity index (χ4n) is 0.234. The van der Waals surface area contributed by atoms with E-state index in [2.05, 4.69) is 16.8 Å².